The van der Waals surface area contributed by atoms with Gasteiger partial charge in [-0.15, -0.1) is 0 Å². The number of non-ortho nitro benzene ring substituents is 1. The van der Waals surface area contributed by atoms with Crippen LogP contribution in [0.3, 0.4) is 0 Å². The molecule has 1 heterocycles. The fourth-order valence-electron chi connectivity index (χ4n) is 5.15. The molecular formula is C24H18ClN3O6. The molecule has 2 fully saturated rings. The molecule has 9 nitrogen and oxygen atoms in total. The molecule has 172 valence electrons. The van der Waals surface area contributed by atoms with E-state index in [0.29, 0.717) is 6.42 Å². The highest BCUT2D eigenvalue weighted by molar-refractivity contribution is 6.34. The van der Waals surface area contributed by atoms with Gasteiger partial charge in [0.2, 0.25) is 0 Å². The van der Waals surface area contributed by atoms with Gasteiger partial charge in [-0.25, -0.2) is 5.01 Å². The van der Waals surface area contributed by atoms with Gasteiger partial charge in [0.25, 0.3) is 23.4 Å². The number of hydrogen-bond donors (Lipinski definition) is 0. The molecule has 0 radical (unpaired) electrons. The van der Waals surface area contributed by atoms with Crippen molar-refractivity contribution in [2.75, 3.05) is 6.54 Å². The summed E-state index contributed by atoms with van der Waals surface area (Å²) in [4.78, 5) is 63.8. The Labute approximate surface area is 198 Å². The Morgan fingerprint density at radius 2 is 1.68 bits per heavy atom. The van der Waals surface area contributed by atoms with E-state index in [2.05, 4.69) is 0 Å². The number of carbonyl (C=O) groups is 4. The third kappa shape index (κ3) is 3.40. The number of amides is 3. The number of nitro benzene ring substituents is 1. The molecule has 1 saturated heterocycles. The van der Waals surface area contributed by atoms with Crippen molar-refractivity contribution in [2.45, 2.75) is 6.42 Å². The standard InChI is InChI=1S/C24H18ClN3O6/c25-18-7-2-1-6-17(18)22(30)26(12-19(29)13-4-3-5-16(11-13)28(33)34)27-23(31)20-14-8-9-15(10-14)21(20)24(27)32/h1-9,11,14-15,20-21H,10,12H2/t14-,15-,20-,21-/m0/s1. The Hall–Kier alpha value is -3.85. The Bertz CT molecular complexity index is 1260. The van der Waals surface area contributed by atoms with Crippen molar-refractivity contribution in [1.82, 2.24) is 10.0 Å². The highest BCUT2D eigenvalue weighted by atomic mass is 35.5. The molecule has 5 rings (SSSR count). The molecule has 2 aromatic carbocycles. The molecule has 34 heavy (non-hydrogen) atoms. The summed E-state index contributed by atoms with van der Waals surface area (Å²) in [6, 6.07) is 11.2. The van der Waals surface area contributed by atoms with Crippen molar-refractivity contribution < 1.29 is 24.1 Å². The first-order valence-corrected chi connectivity index (χ1v) is 11.1. The van der Waals surface area contributed by atoms with E-state index in [1.807, 2.05) is 12.2 Å². The van der Waals surface area contributed by atoms with Gasteiger partial charge in [0.05, 0.1) is 27.3 Å². The van der Waals surface area contributed by atoms with Gasteiger partial charge < -0.3 is 0 Å². The van der Waals surface area contributed by atoms with Crippen molar-refractivity contribution in [3.8, 4) is 0 Å². The molecule has 3 amide bonds. The topological polar surface area (TPSA) is 118 Å². The van der Waals surface area contributed by atoms with E-state index >= 15 is 0 Å². The Kier molecular flexibility index (Phi) is 5.28. The molecule has 2 aliphatic carbocycles. The number of halogens is 1. The summed E-state index contributed by atoms with van der Waals surface area (Å²) in [6.07, 6.45) is 4.57. The molecule has 1 saturated carbocycles. The summed E-state index contributed by atoms with van der Waals surface area (Å²) >= 11 is 6.20. The fraction of sp³-hybridized carbons (Fsp3) is 0.250. The molecule has 0 aromatic heterocycles. The number of Topliss-reactive ketones (excluding diaryl/α,β-unsaturated/α-hetero) is 1. The fourth-order valence-corrected chi connectivity index (χ4v) is 5.37. The van der Waals surface area contributed by atoms with Crippen LogP contribution in [-0.4, -0.2) is 45.0 Å². The third-order valence-corrected chi connectivity index (χ3v) is 7.03. The Balaban J connectivity index is 1.52. The number of ketones is 1. The van der Waals surface area contributed by atoms with Crippen molar-refractivity contribution >= 4 is 40.8 Å². The van der Waals surface area contributed by atoms with E-state index in [1.165, 1.54) is 30.3 Å². The van der Waals surface area contributed by atoms with Crippen LogP contribution in [0.4, 0.5) is 5.69 Å². The number of nitro groups is 1. The minimum Gasteiger partial charge on any atom is -0.292 e. The second-order valence-corrected chi connectivity index (χ2v) is 8.97. The zero-order valence-electron chi connectivity index (χ0n) is 17.7. The summed E-state index contributed by atoms with van der Waals surface area (Å²) in [5.41, 5.74) is -0.290. The lowest BCUT2D eigenvalue weighted by Crippen LogP contribution is -2.52. The first-order chi connectivity index (χ1) is 16.3. The minimum atomic E-state index is -0.786. The van der Waals surface area contributed by atoms with Crippen molar-refractivity contribution in [3.05, 3.63) is 86.9 Å². The maximum Gasteiger partial charge on any atom is 0.274 e. The average Bonchev–Trinajstić information content (AvgIpc) is 3.51. The van der Waals surface area contributed by atoms with E-state index in [1.54, 1.807) is 12.1 Å². The van der Waals surface area contributed by atoms with Gasteiger partial charge >= 0.3 is 0 Å². The maximum atomic E-state index is 13.5. The minimum absolute atomic E-state index is 0.0211. The monoisotopic (exact) mass is 479 g/mol. The van der Waals surface area contributed by atoms with Crippen LogP contribution in [0.15, 0.2) is 60.7 Å². The highest BCUT2D eigenvalue weighted by Crippen LogP contribution is 2.52. The van der Waals surface area contributed by atoms with Crippen LogP contribution in [0, 0.1) is 33.8 Å². The lowest BCUT2D eigenvalue weighted by atomic mass is 9.85. The van der Waals surface area contributed by atoms with E-state index in [-0.39, 0.29) is 33.7 Å². The SMILES string of the molecule is O=C(CN(C(=O)c1ccccc1Cl)N1C(=O)[C@@H]2[C@@H](C1=O)[C@H]1C=C[C@H]2C1)c1cccc([N+](=O)[O-])c1. The molecule has 0 N–H and O–H groups in total. The van der Waals surface area contributed by atoms with Crippen LogP contribution >= 0.6 is 11.6 Å². The first-order valence-electron chi connectivity index (χ1n) is 10.7. The number of benzene rings is 2. The van der Waals surface area contributed by atoms with Gasteiger partial charge in [0, 0.05) is 17.7 Å². The van der Waals surface area contributed by atoms with Crippen LogP contribution in [0.1, 0.15) is 27.1 Å². The van der Waals surface area contributed by atoms with Crippen molar-refractivity contribution in [1.29, 1.82) is 0 Å². The molecule has 3 aliphatic rings. The van der Waals surface area contributed by atoms with Crippen LogP contribution < -0.4 is 0 Å². The van der Waals surface area contributed by atoms with Crippen LogP contribution in [0.2, 0.25) is 5.02 Å². The predicted molar refractivity (Wildman–Crippen MR) is 119 cm³/mol. The zero-order chi connectivity index (χ0) is 24.1. The quantitative estimate of drug-likeness (QED) is 0.206. The Morgan fingerprint density at radius 3 is 2.29 bits per heavy atom. The number of nitrogens with zero attached hydrogens (tertiary/aromatic N) is 3. The second kappa shape index (κ2) is 8.18. The Morgan fingerprint density at radius 1 is 1.03 bits per heavy atom. The number of allylic oxidation sites excluding steroid dienone is 2. The molecule has 4 atom stereocenters. The van der Waals surface area contributed by atoms with E-state index in [4.69, 9.17) is 11.6 Å². The summed E-state index contributed by atoms with van der Waals surface area (Å²) in [5, 5.41) is 12.8. The van der Waals surface area contributed by atoms with Crippen LogP contribution in [-0.2, 0) is 9.59 Å². The van der Waals surface area contributed by atoms with Gasteiger partial charge in [-0.05, 0) is 30.4 Å². The smallest absolute Gasteiger partial charge is 0.274 e. The summed E-state index contributed by atoms with van der Waals surface area (Å²) < 4.78 is 0. The molecule has 2 aromatic rings. The lowest BCUT2D eigenvalue weighted by Gasteiger charge is -2.31. The van der Waals surface area contributed by atoms with E-state index in [0.717, 1.165) is 16.1 Å². The molecule has 0 spiro atoms. The molecule has 0 unspecified atom stereocenters. The predicted octanol–water partition coefficient (Wildman–Crippen LogP) is 3.30. The van der Waals surface area contributed by atoms with Crippen LogP contribution in [0.25, 0.3) is 0 Å². The summed E-state index contributed by atoms with van der Waals surface area (Å²) in [7, 11) is 0. The number of rotatable bonds is 6. The first kappa shape index (κ1) is 22.0. The number of fused-ring (bicyclic) bond motifs is 5. The number of carbonyl (C=O) groups excluding carboxylic acids is 4. The lowest BCUT2D eigenvalue weighted by molar-refractivity contribution is -0.384. The number of imide groups is 1. The van der Waals surface area contributed by atoms with Gasteiger partial charge in [-0.3, -0.25) is 29.3 Å². The van der Waals surface area contributed by atoms with E-state index in [9.17, 15) is 29.3 Å². The molecule has 1 aliphatic heterocycles. The molecule has 2 bridgehead atoms. The summed E-state index contributed by atoms with van der Waals surface area (Å²) in [5.74, 6) is -3.82. The van der Waals surface area contributed by atoms with Gasteiger partial charge in [-0.1, -0.05) is 48.0 Å². The molecule has 10 heteroatoms. The van der Waals surface area contributed by atoms with Gasteiger partial charge in [0.15, 0.2) is 5.78 Å². The largest absolute Gasteiger partial charge is 0.292 e. The van der Waals surface area contributed by atoms with Crippen molar-refractivity contribution in [2.24, 2.45) is 23.7 Å². The van der Waals surface area contributed by atoms with Gasteiger partial charge in [0.1, 0.15) is 6.54 Å². The van der Waals surface area contributed by atoms with Crippen LogP contribution in [0.5, 0.6) is 0 Å². The van der Waals surface area contributed by atoms with Gasteiger partial charge in [-0.2, -0.15) is 5.01 Å². The summed E-state index contributed by atoms with van der Waals surface area (Å²) in [6.45, 7) is -0.662. The highest BCUT2D eigenvalue weighted by Gasteiger charge is 2.61. The average molecular weight is 480 g/mol. The van der Waals surface area contributed by atoms with Crippen molar-refractivity contribution in [3.63, 3.8) is 0 Å². The number of hydrogen-bond acceptors (Lipinski definition) is 6. The number of hydrazine groups is 1. The van der Waals surface area contributed by atoms with E-state index < -0.39 is 46.8 Å². The maximum absolute atomic E-state index is 13.5. The zero-order valence-corrected chi connectivity index (χ0v) is 18.4. The normalized spacial score (nSPS) is 24.4. The third-order valence-electron chi connectivity index (χ3n) is 6.70. The second-order valence-electron chi connectivity index (χ2n) is 8.56. The molecular weight excluding hydrogens is 462 g/mol.